The lowest BCUT2D eigenvalue weighted by Gasteiger charge is -2.09. The first-order valence-electron chi connectivity index (χ1n) is 5.90. The minimum absolute atomic E-state index is 0.370. The van der Waals surface area contributed by atoms with Gasteiger partial charge in [-0.3, -0.25) is 0 Å². The van der Waals surface area contributed by atoms with Crippen molar-refractivity contribution in [2.24, 2.45) is 0 Å². The minimum atomic E-state index is -0.370. The molecule has 4 nitrogen and oxygen atoms in total. The van der Waals surface area contributed by atoms with Crippen LogP contribution in [-0.4, -0.2) is 19.7 Å². The normalized spacial score (nSPS) is 10.6. The topological polar surface area (TPSA) is 47.6 Å². The molecule has 0 spiro atoms. The smallest absolute Gasteiger partial charge is 0.331 e. The average molecular weight is 249 g/mol. The third-order valence-corrected chi connectivity index (χ3v) is 2.41. The van der Waals surface area contributed by atoms with E-state index in [0.29, 0.717) is 19.8 Å². The summed E-state index contributed by atoms with van der Waals surface area (Å²) in [5, 5.41) is 3.05. The number of hydrogen-bond acceptors (Lipinski definition) is 4. The lowest BCUT2D eigenvalue weighted by Crippen LogP contribution is -2.09. The van der Waals surface area contributed by atoms with Crippen LogP contribution in [0.4, 0.5) is 0 Å². The maximum Gasteiger partial charge on any atom is 0.331 e. The van der Waals surface area contributed by atoms with Gasteiger partial charge < -0.3 is 14.8 Å². The van der Waals surface area contributed by atoms with E-state index in [1.165, 1.54) is 13.2 Å². The van der Waals surface area contributed by atoms with Gasteiger partial charge in [-0.05, 0) is 18.1 Å². The van der Waals surface area contributed by atoms with Gasteiger partial charge in [0.25, 0.3) is 0 Å². The van der Waals surface area contributed by atoms with Crippen LogP contribution < -0.4 is 5.32 Å². The number of esters is 1. The van der Waals surface area contributed by atoms with E-state index in [2.05, 4.69) is 10.1 Å². The van der Waals surface area contributed by atoms with Crippen LogP contribution in [0.5, 0.6) is 0 Å². The molecule has 0 saturated heterocycles. The van der Waals surface area contributed by atoms with Crippen molar-refractivity contribution in [3.63, 3.8) is 0 Å². The number of nitrogens with one attached hydrogen (secondary N) is 1. The monoisotopic (exact) mass is 249 g/mol. The molecule has 0 saturated carbocycles. The molecular weight excluding hydrogens is 230 g/mol. The fourth-order valence-corrected chi connectivity index (χ4v) is 1.45. The molecule has 0 atom stereocenters. The minimum Gasteiger partial charge on any atom is -0.466 e. The highest BCUT2D eigenvalue weighted by molar-refractivity contribution is 5.81. The predicted molar refractivity (Wildman–Crippen MR) is 69.8 cm³/mol. The van der Waals surface area contributed by atoms with Crippen LogP contribution >= 0.6 is 0 Å². The van der Waals surface area contributed by atoms with E-state index in [9.17, 15) is 4.79 Å². The summed E-state index contributed by atoms with van der Waals surface area (Å²) >= 11 is 0. The number of benzene rings is 1. The Bertz CT molecular complexity index is 402. The summed E-state index contributed by atoms with van der Waals surface area (Å²) in [4.78, 5) is 10.9. The Morgan fingerprint density at radius 1 is 1.33 bits per heavy atom. The molecule has 0 bridgehead atoms. The average Bonchev–Trinajstić information content (AvgIpc) is 2.42. The molecule has 0 aliphatic carbocycles. The van der Waals surface area contributed by atoms with Gasteiger partial charge in [0, 0.05) is 25.4 Å². The van der Waals surface area contributed by atoms with Crippen molar-refractivity contribution in [2.75, 3.05) is 13.7 Å². The first-order valence-corrected chi connectivity index (χ1v) is 5.90. The van der Waals surface area contributed by atoms with Crippen molar-refractivity contribution in [3.05, 3.63) is 47.7 Å². The first-order chi connectivity index (χ1) is 8.77. The highest BCUT2D eigenvalue weighted by Gasteiger charge is 2.00. The maximum absolute atomic E-state index is 10.9. The lowest BCUT2D eigenvalue weighted by molar-refractivity contribution is -0.134. The summed E-state index contributed by atoms with van der Waals surface area (Å²) in [5.41, 5.74) is 2.30. The lowest BCUT2D eigenvalue weighted by atomic mass is 10.1. The Morgan fingerprint density at radius 2 is 2.06 bits per heavy atom. The zero-order valence-electron chi connectivity index (χ0n) is 10.8. The molecule has 1 aromatic carbocycles. The summed E-state index contributed by atoms with van der Waals surface area (Å²) in [6, 6.07) is 8.04. The van der Waals surface area contributed by atoms with E-state index in [1.54, 1.807) is 6.20 Å². The van der Waals surface area contributed by atoms with E-state index in [4.69, 9.17) is 4.74 Å². The van der Waals surface area contributed by atoms with Gasteiger partial charge in [-0.25, -0.2) is 4.79 Å². The number of rotatable bonds is 7. The number of carbonyl (C=O) groups is 1. The van der Waals surface area contributed by atoms with Gasteiger partial charge in [-0.15, -0.1) is 0 Å². The van der Waals surface area contributed by atoms with Crippen LogP contribution in [0.2, 0.25) is 0 Å². The van der Waals surface area contributed by atoms with Gasteiger partial charge in [0.2, 0.25) is 0 Å². The quantitative estimate of drug-likeness (QED) is 0.593. The second-order valence-corrected chi connectivity index (χ2v) is 3.64. The SMILES string of the molecule is CCOCc1ccccc1CN/C=C/C(=O)OC. The molecule has 0 aliphatic rings. The third kappa shape index (κ3) is 5.01. The zero-order chi connectivity index (χ0) is 13.2. The fraction of sp³-hybridized carbons (Fsp3) is 0.357. The van der Waals surface area contributed by atoms with E-state index < -0.39 is 0 Å². The Morgan fingerprint density at radius 3 is 2.72 bits per heavy atom. The molecule has 1 N–H and O–H groups in total. The summed E-state index contributed by atoms with van der Waals surface area (Å²) in [5.74, 6) is -0.370. The Labute approximate surface area is 108 Å². The number of hydrogen-bond donors (Lipinski definition) is 1. The third-order valence-electron chi connectivity index (χ3n) is 2.41. The van der Waals surface area contributed by atoms with Crippen LogP contribution in [-0.2, 0) is 27.4 Å². The summed E-state index contributed by atoms with van der Waals surface area (Å²) in [6.07, 6.45) is 2.94. The van der Waals surface area contributed by atoms with Gasteiger partial charge in [0.15, 0.2) is 0 Å². The first kappa shape index (κ1) is 14.3. The van der Waals surface area contributed by atoms with Crippen molar-refractivity contribution >= 4 is 5.97 Å². The molecule has 1 aromatic rings. The molecule has 0 heterocycles. The summed E-state index contributed by atoms with van der Waals surface area (Å²) < 4.78 is 9.90. The summed E-state index contributed by atoms with van der Waals surface area (Å²) in [7, 11) is 1.35. The second kappa shape index (κ2) is 8.31. The Kier molecular flexibility index (Phi) is 6.58. The maximum atomic E-state index is 10.9. The molecule has 0 aliphatic heterocycles. The molecule has 0 aromatic heterocycles. The van der Waals surface area contributed by atoms with Crippen molar-refractivity contribution in [3.8, 4) is 0 Å². The molecule has 0 fully saturated rings. The van der Waals surface area contributed by atoms with Gasteiger partial charge >= 0.3 is 5.97 Å². The molecule has 18 heavy (non-hydrogen) atoms. The molecular formula is C14H19NO3. The van der Waals surface area contributed by atoms with Crippen molar-refractivity contribution in [2.45, 2.75) is 20.1 Å². The Balaban J connectivity index is 2.50. The number of carbonyl (C=O) groups excluding carboxylic acids is 1. The van der Waals surface area contributed by atoms with Crippen molar-refractivity contribution in [1.82, 2.24) is 5.32 Å². The predicted octanol–water partition coefficient (Wildman–Crippen LogP) is 2.00. The van der Waals surface area contributed by atoms with Crippen LogP contribution in [0.3, 0.4) is 0 Å². The summed E-state index contributed by atoms with van der Waals surface area (Å²) in [6.45, 7) is 3.93. The van der Waals surface area contributed by atoms with Crippen LogP contribution in [0, 0.1) is 0 Å². The second-order valence-electron chi connectivity index (χ2n) is 3.64. The number of ether oxygens (including phenoxy) is 2. The molecule has 0 amide bonds. The van der Waals surface area contributed by atoms with Gasteiger partial charge in [-0.2, -0.15) is 0 Å². The van der Waals surface area contributed by atoms with E-state index in [-0.39, 0.29) is 5.97 Å². The van der Waals surface area contributed by atoms with Crippen LogP contribution in [0.15, 0.2) is 36.5 Å². The van der Waals surface area contributed by atoms with E-state index in [0.717, 1.165) is 11.1 Å². The van der Waals surface area contributed by atoms with Gasteiger partial charge in [0.05, 0.1) is 13.7 Å². The zero-order valence-corrected chi connectivity index (χ0v) is 10.8. The van der Waals surface area contributed by atoms with E-state index >= 15 is 0 Å². The molecule has 0 unspecified atom stereocenters. The van der Waals surface area contributed by atoms with E-state index in [1.807, 2.05) is 31.2 Å². The molecule has 4 heteroatoms. The van der Waals surface area contributed by atoms with Crippen molar-refractivity contribution in [1.29, 1.82) is 0 Å². The molecule has 1 rings (SSSR count). The highest BCUT2D eigenvalue weighted by Crippen LogP contribution is 2.09. The van der Waals surface area contributed by atoms with Gasteiger partial charge in [0.1, 0.15) is 0 Å². The van der Waals surface area contributed by atoms with Crippen molar-refractivity contribution < 1.29 is 14.3 Å². The highest BCUT2D eigenvalue weighted by atomic mass is 16.5. The largest absolute Gasteiger partial charge is 0.466 e. The molecule has 98 valence electrons. The van der Waals surface area contributed by atoms with Gasteiger partial charge in [-0.1, -0.05) is 24.3 Å². The Hall–Kier alpha value is -1.81. The standard InChI is InChI=1S/C14H19NO3/c1-3-18-11-13-7-5-4-6-12(13)10-15-9-8-14(16)17-2/h4-9,15H,3,10-11H2,1-2H3/b9-8+. The van der Waals surface area contributed by atoms with Crippen LogP contribution in [0.1, 0.15) is 18.1 Å². The van der Waals surface area contributed by atoms with Crippen LogP contribution in [0.25, 0.3) is 0 Å². The number of methoxy groups -OCH3 is 1. The molecule has 0 radical (unpaired) electrons. The fourth-order valence-electron chi connectivity index (χ4n) is 1.45.